The van der Waals surface area contributed by atoms with Gasteiger partial charge in [0.05, 0.1) is 6.42 Å². The van der Waals surface area contributed by atoms with Crippen molar-refractivity contribution in [2.45, 2.75) is 33.2 Å². The van der Waals surface area contributed by atoms with Crippen molar-refractivity contribution in [3.63, 3.8) is 0 Å². The number of hydrogen-bond donors (Lipinski definition) is 2. The molecule has 2 amide bonds. The van der Waals surface area contributed by atoms with Crippen LogP contribution in [0.4, 0.5) is 4.79 Å². The highest BCUT2D eigenvalue weighted by molar-refractivity contribution is 5.74. The summed E-state index contributed by atoms with van der Waals surface area (Å²) in [6, 6.07) is 0.150. The van der Waals surface area contributed by atoms with Crippen LogP contribution in [0.25, 0.3) is 0 Å². The summed E-state index contributed by atoms with van der Waals surface area (Å²) in [4.78, 5) is 26.4. The SMILES string of the molecule is CC(C)C(C)NC(=O)N1CCN(CCC(=O)O)CC1. The number of carbonyl (C=O) groups excluding carboxylic acids is 1. The van der Waals surface area contributed by atoms with Gasteiger partial charge in [-0.3, -0.25) is 9.69 Å². The van der Waals surface area contributed by atoms with E-state index in [-0.39, 0.29) is 18.5 Å². The summed E-state index contributed by atoms with van der Waals surface area (Å²) in [7, 11) is 0. The number of piperazine rings is 1. The molecule has 1 unspecified atom stereocenters. The fourth-order valence-corrected chi connectivity index (χ4v) is 1.88. The largest absolute Gasteiger partial charge is 0.481 e. The molecule has 19 heavy (non-hydrogen) atoms. The molecule has 0 bridgehead atoms. The van der Waals surface area contributed by atoms with Gasteiger partial charge in [-0.25, -0.2) is 4.79 Å². The summed E-state index contributed by atoms with van der Waals surface area (Å²) in [6.45, 7) is 9.54. The van der Waals surface area contributed by atoms with Gasteiger partial charge in [0.1, 0.15) is 0 Å². The first-order chi connectivity index (χ1) is 8.90. The lowest BCUT2D eigenvalue weighted by atomic mass is 10.1. The van der Waals surface area contributed by atoms with E-state index >= 15 is 0 Å². The standard InChI is InChI=1S/C13H25N3O3/c1-10(2)11(3)14-13(19)16-8-6-15(7-9-16)5-4-12(17)18/h10-11H,4-9H2,1-3H3,(H,14,19)(H,17,18). The van der Waals surface area contributed by atoms with E-state index in [9.17, 15) is 9.59 Å². The van der Waals surface area contributed by atoms with Gasteiger partial charge in [-0.05, 0) is 12.8 Å². The van der Waals surface area contributed by atoms with E-state index in [1.54, 1.807) is 4.90 Å². The maximum Gasteiger partial charge on any atom is 0.317 e. The molecule has 0 aromatic rings. The topological polar surface area (TPSA) is 72.9 Å². The van der Waals surface area contributed by atoms with Crippen molar-refractivity contribution in [1.82, 2.24) is 15.1 Å². The second-order valence-corrected chi connectivity index (χ2v) is 5.45. The molecule has 6 nitrogen and oxygen atoms in total. The van der Waals surface area contributed by atoms with E-state index in [0.717, 1.165) is 13.1 Å². The van der Waals surface area contributed by atoms with Crippen LogP contribution in [-0.2, 0) is 4.79 Å². The predicted molar refractivity (Wildman–Crippen MR) is 73.1 cm³/mol. The van der Waals surface area contributed by atoms with Gasteiger partial charge in [0.2, 0.25) is 0 Å². The molecule has 1 rings (SSSR count). The van der Waals surface area contributed by atoms with Gasteiger partial charge < -0.3 is 15.3 Å². The van der Waals surface area contributed by atoms with Crippen LogP contribution >= 0.6 is 0 Å². The molecule has 1 atom stereocenters. The number of carboxylic acid groups (broad SMARTS) is 1. The van der Waals surface area contributed by atoms with Gasteiger partial charge in [-0.15, -0.1) is 0 Å². The third-order valence-electron chi connectivity index (χ3n) is 3.65. The molecule has 0 radical (unpaired) electrons. The van der Waals surface area contributed by atoms with Crippen LogP contribution in [0.5, 0.6) is 0 Å². The number of rotatable bonds is 5. The Kier molecular flexibility index (Phi) is 6.08. The molecule has 1 heterocycles. The highest BCUT2D eigenvalue weighted by atomic mass is 16.4. The second-order valence-electron chi connectivity index (χ2n) is 5.45. The van der Waals surface area contributed by atoms with Crippen molar-refractivity contribution in [2.75, 3.05) is 32.7 Å². The van der Waals surface area contributed by atoms with Crippen molar-refractivity contribution in [2.24, 2.45) is 5.92 Å². The minimum atomic E-state index is -0.772. The Morgan fingerprint density at radius 1 is 1.16 bits per heavy atom. The van der Waals surface area contributed by atoms with Crippen LogP contribution in [0.2, 0.25) is 0 Å². The quantitative estimate of drug-likeness (QED) is 0.777. The van der Waals surface area contributed by atoms with E-state index in [4.69, 9.17) is 5.11 Å². The van der Waals surface area contributed by atoms with Crippen molar-refractivity contribution in [3.05, 3.63) is 0 Å². The van der Waals surface area contributed by atoms with Crippen LogP contribution in [0.3, 0.4) is 0 Å². The van der Waals surface area contributed by atoms with Gasteiger partial charge in [0.15, 0.2) is 0 Å². The first-order valence-electron chi connectivity index (χ1n) is 6.89. The molecule has 0 aliphatic carbocycles. The Morgan fingerprint density at radius 3 is 2.21 bits per heavy atom. The molecule has 0 aromatic carbocycles. The van der Waals surface area contributed by atoms with Crippen molar-refractivity contribution in [1.29, 1.82) is 0 Å². The fraction of sp³-hybridized carbons (Fsp3) is 0.846. The number of carbonyl (C=O) groups is 2. The Bertz CT molecular complexity index is 312. The highest BCUT2D eigenvalue weighted by Gasteiger charge is 2.22. The van der Waals surface area contributed by atoms with Gasteiger partial charge in [-0.2, -0.15) is 0 Å². The van der Waals surface area contributed by atoms with Crippen LogP contribution in [0.1, 0.15) is 27.2 Å². The van der Waals surface area contributed by atoms with Crippen molar-refractivity contribution in [3.8, 4) is 0 Å². The monoisotopic (exact) mass is 271 g/mol. The van der Waals surface area contributed by atoms with Crippen LogP contribution in [0.15, 0.2) is 0 Å². The maximum absolute atomic E-state index is 12.0. The maximum atomic E-state index is 12.0. The number of nitrogens with one attached hydrogen (secondary N) is 1. The summed E-state index contributed by atoms with van der Waals surface area (Å²) in [6.07, 6.45) is 0.163. The molecular formula is C13H25N3O3. The lowest BCUT2D eigenvalue weighted by Crippen LogP contribution is -2.53. The zero-order chi connectivity index (χ0) is 14.4. The predicted octanol–water partition coefficient (Wildman–Crippen LogP) is 0.833. The van der Waals surface area contributed by atoms with Gasteiger partial charge in [0, 0.05) is 38.8 Å². The minimum absolute atomic E-state index is 0.0147. The first-order valence-corrected chi connectivity index (χ1v) is 6.89. The average Bonchev–Trinajstić information content (AvgIpc) is 2.36. The average molecular weight is 271 g/mol. The minimum Gasteiger partial charge on any atom is -0.481 e. The molecule has 0 spiro atoms. The number of urea groups is 1. The summed E-state index contributed by atoms with van der Waals surface area (Å²) >= 11 is 0. The molecule has 0 aromatic heterocycles. The molecule has 1 fully saturated rings. The van der Waals surface area contributed by atoms with E-state index in [0.29, 0.717) is 25.6 Å². The number of amides is 2. The summed E-state index contributed by atoms with van der Waals surface area (Å²) < 4.78 is 0. The molecule has 6 heteroatoms. The van der Waals surface area contributed by atoms with Crippen LogP contribution in [0, 0.1) is 5.92 Å². The lowest BCUT2D eigenvalue weighted by Gasteiger charge is -2.35. The lowest BCUT2D eigenvalue weighted by molar-refractivity contribution is -0.137. The number of hydrogen-bond acceptors (Lipinski definition) is 3. The normalized spacial score (nSPS) is 18.4. The van der Waals surface area contributed by atoms with E-state index in [1.807, 2.05) is 6.92 Å². The van der Waals surface area contributed by atoms with E-state index in [1.165, 1.54) is 0 Å². The molecular weight excluding hydrogens is 246 g/mol. The Labute approximate surface area is 114 Å². The van der Waals surface area contributed by atoms with Crippen molar-refractivity contribution < 1.29 is 14.7 Å². The zero-order valence-electron chi connectivity index (χ0n) is 12.1. The molecule has 2 N–H and O–H groups in total. The molecule has 1 saturated heterocycles. The fourth-order valence-electron chi connectivity index (χ4n) is 1.88. The van der Waals surface area contributed by atoms with Crippen molar-refractivity contribution >= 4 is 12.0 Å². The summed E-state index contributed by atoms with van der Waals surface area (Å²) in [5, 5.41) is 11.6. The molecule has 0 saturated carbocycles. The molecule has 1 aliphatic rings. The van der Waals surface area contributed by atoms with E-state index in [2.05, 4.69) is 24.1 Å². The molecule has 1 aliphatic heterocycles. The highest BCUT2D eigenvalue weighted by Crippen LogP contribution is 2.05. The number of aliphatic carboxylic acids is 1. The number of nitrogens with zero attached hydrogens (tertiary/aromatic N) is 2. The third-order valence-corrected chi connectivity index (χ3v) is 3.65. The van der Waals surface area contributed by atoms with Crippen LogP contribution in [-0.4, -0.2) is 65.7 Å². The second kappa shape index (κ2) is 7.33. The van der Waals surface area contributed by atoms with Gasteiger partial charge in [0.25, 0.3) is 0 Å². The Morgan fingerprint density at radius 2 is 1.74 bits per heavy atom. The first kappa shape index (κ1) is 15.8. The third kappa shape index (κ3) is 5.46. The van der Waals surface area contributed by atoms with Gasteiger partial charge >= 0.3 is 12.0 Å². The Balaban J connectivity index is 2.29. The number of carboxylic acids is 1. The van der Waals surface area contributed by atoms with E-state index < -0.39 is 5.97 Å². The Hall–Kier alpha value is -1.30. The molecule has 110 valence electrons. The smallest absolute Gasteiger partial charge is 0.317 e. The summed E-state index contributed by atoms with van der Waals surface area (Å²) in [5.41, 5.74) is 0. The summed E-state index contributed by atoms with van der Waals surface area (Å²) in [5.74, 6) is -0.355. The zero-order valence-corrected chi connectivity index (χ0v) is 12.1. The van der Waals surface area contributed by atoms with Gasteiger partial charge in [-0.1, -0.05) is 13.8 Å². The van der Waals surface area contributed by atoms with Crippen LogP contribution < -0.4 is 5.32 Å².